The molecule has 29 heavy (non-hydrogen) atoms. The zero-order chi connectivity index (χ0) is 20.5. The van der Waals surface area contributed by atoms with Gasteiger partial charge in [-0.15, -0.1) is 10.2 Å². The summed E-state index contributed by atoms with van der Waals surface area (Å²) in [7, 11) is 1.81. The number of amides is 1. The number of halogens is 3. The standard InChI is InChI=1S/C19H13Cl3N4O2S/c1-26-18(16-7-10-6-11(20)2-5-15(10)28-16)24-25-19(26)29-9-17(27)23-12-3-4-13(21)14(22)8-12/h2-8H,9H2,1H3,(H,23,27). The molecular weight excluding hydrogens is 455 g/mol. The maximum Gasteiger partial charge on any atom is 0.234 e. The number of rotatable bonds is 5. The monoisotopic (exact) mass is 466 g/mol. The van der Waals surface area contributed by atoms with Gasteiger partial charge < -0.3 is 14.3 Å². The zero-order valence-corrected chi connectivity index (χ0v) is 18.0. The molecule has 148 valence electrons. The third-order valence-electron chi connectivity index (χ3n) is 4.07. The molecule has 2 aromatic heterocycles. The number of hydrogen-bond donors (Lipinski definition) is 1. The van der Waals surface area contributed by atoms with Crippen LogP contribution in [0.25, 0.3) is 22.6 Å². The Labute approximate surface area is 185 Å². The molecule has 2 aromatic carbocycles. The van der Waals surface area contributed by atoms with E-state index in [4.69, 9.17) is 39.2 Å². The van der Waals surface area contributed by atoms with Gasteiger partial charge in [0.05, 0.1) is 15.8 Å². The average Bonchev–Trinajstić information content (AvgIpc) is 3.25. The third kappa shape index (κ3) is 4.38. The van der Waals surface area contributed by atoms with Crippen molar-refractivity contribution in [2.45, 2.75) is 5.16 Å². The molecular formula is C19H13Cl3N4O2S. The average molecular weight is 468 g/mol. The van der Waals surface area contributed by atoms with Crippen LogP contribution in [0.4, 0.5) is 5.69 Å². The van der Waals surface area contributed by atoms with Crippen LogP contribution in [0.1, 0.15) is 0 Å². The lowest BCUT2D eigenvalue weighted by Crippen LogP contribution is -2.14. The summed E-state index contributed by atoms with van der Waals surface area (Å²) >= 11 is 19.1. The van der Waals surface area contributed by atoms with E-state index in [9.17, 15) is 4.79 Å². The molecule has 0 unspecified atom stereocenters. The van der Waals surface area contributed by atoms with E-state index < -0.39 is 0 Å². The Bertz CT molecular complexity index is 1220. The Morgan fingerprint density at radius 1 is 1.10 bits per heavy atom. The SMILES string of the molecule is Cn1c(SCC(=O)Nc2ccc(Cl)c(Cl)c2)nnc1-c1cc2cc(Cl)ccc2o1. The molecule has 0 radical (unpaired) electrons. The van der Waals surface area contributed by atoms with Crippen LogP contribution >= 0.6 is 46.6 Å². The highest BCUT2D eigenvalue weighted by Crippen LogP contribution is 2.30. The molecule has 0 aliphatic carbocycles. The molecule has 10 heteroatoms. The predicted molar refractivity (Wildman–Crippen MR) is 117 cm³/mol. The van der Waals surface area contributed by atoms with Crippen LogP contribution in [0.15, 0.2) is 52.0 Å². The Balaban J connectivity index is 1.45. The summed E-state index contributed by atoms with van der Waals surface area (Å²) in [5, 5.41) is 14.0. The lowest BCUT2D eigenvalue weighted by atomic mass is 10.2. The fourth-order valence-electron chi connectivity index (χ4n) is 2.68. The van der Waals surface area contributed by atoms with Crippen molar-refractivity contribution in [3.8, 4) is 11.6 Å². The Morgan fingerprint density at radius 3 is 2.72 bits per heavy atom. The van der Waals surface area contributed by atoms with Gasteiger partial charge in [-0.1, -0.05) is 46.6 Å². The van der Waals surface area contributed by atoms with E-state index >= 15 is 0 Å². The molecule has 0 aliphatic rings. The topological polar surface area (TPSA) is 73.0 Å². The molecule has 0 saturated carbocycles. The largest absolute Gasteiger partial charge is 0.453 e. The van der Waals surface area contributed by atoms with Crippen LogP contribution in [0, 0.1) is 0 Å². The lowest BCUT2D eigenvalue weighted by molar-refractivity contribution is -0.113. The first-order valence-electron chi connectivity index (χ1n) is 8.37. The third-order valence-corrected chi connectivity index (χ3v) is 6.06. The van der Waals surface area contributed by atoms with Gasteiger partial charge in [0.15, 0.2) is 16.7 Å². The second-order valence-electron chi connectivity index (χ2n) is 6.12. The summed E-state index contributed by atoms with van der Waals surface area (Å²) in [5.41, 5.74) is 1.28. The minimum atomic E-state index is -0.198. The molecule has 6 nitrogen and oxygen atoms in total. The van der Waals surface area contributed by atoms with Gasteiger partial charge in [0.2, 0.25) is 5.91 Å². The summed E-state index contributed by atoms with van der Waals surface area (Å²) < 4.78 is 7.61. The quantitative estimate of drug-likeness (QED) is 0.369. The van der Waals surface area contributed by atoms with E-state index in [1.807, 2.05) is 19.2 Å². The number of furan rings is 1. The second-order valence-corrected chi connectivity index (χ2v) is 8.32. The van der Waals surface area contributed by atoms with Crippen molar-refractivity contribution in [2.24, 2.45) is 7.05 Å². The van der Waals surface area contributed by atoms with Crippen LogP contribution in [-0.4, -0.2) is 26.4 Å². The highest BCUT2D eigenvalue weighted by atomic mass is 35.5. The van der Waals surface area contributed by atoms with E-state index in [0.717, 1.165) is 5.39 Å². The van der Waals surface area contributed by atoms with E-state index in [1.165, 1.54) is 11.8 Å². The van der Waals surface area contributed by atoms with Gasteiger partial charge in [-0.2, -0.15) is 0 Å². The van der Waals surface area contributed by atoms with E-state index in [1.54, 1.807) is 34.9 Å². The number of thioether (sulfide) groups is 1. The number of hydrogen-bond acceptors (Lipinski definition) is 5. The molecule has 4 aromatic rings. The highest BCUT2D eigenvalue weighted by molar-refractivity contribution is 7.99. The molecule has 0 spiro atoms. The number of nitrogens with zero attached hydrogens (tertiary/aromatic N) is 3. The molecule has 0 aliphatic heterocycles. The first kappa shape index (κ1) is 20.1. The van der Waals surface area contributed by atoms with Crippen LogP contribution in [-0.2, 0) is 11.8 Å². The minimum Gasteiger partial charge on any atom is -0.453 e. The van der Waals surface area contributed by atoms with Crippen LogP contribution < -0.4 is 5.32 Å². The molecule has 0 atom stereocenters. The molecule has 1 N–H and O–H groups in total. The molecule has 0 saturated heterocycles. The van der Waals surface area contributed by atoms with Crippen molar-refractivity contribution in [3.63, 3.8) is 0 Å². The number of anilines is 1. The Hall–Kier alpha value is -2.19. The van der Waals surface area contributed by atoms with Crippen molar-refractivity contribution in [2.75, 3.05) is 11.1 Å². The van der Waals surface area contributed by atoms with Gasteiger partial charge in [-0.25, -0.2) is 0 Å². The smallest absolute Gasteiger partial charge is 0.234 e. The molecule has 0 bridgehead atoms. The fraction of sp³-hybridized carbons (Fsp3) is 0.105. The van der Waals surface area contributed by atoms with Crippen molar-refractivity contribution in [3.05, 3.63) is 57.5 Å². The van der Waals surface area contributed by atoms with Crippen LogP contribution in [0.5, 0.6) is 0 Å². The second kappa shape index (κ2) is 8.28. The van der Waals surface area contributed by atoms with Gasteiger partial charge in [-0.05, 0) is 42.5 Å². The Kier molecular flexibility index (Phi) is 5.74. The number of carbonyl (C=O) groups is 1. The Morgan fingerprint density at radius 2 is 1.93 bits per heavy atom. The number of carbonyl (C=O) groups excluding carboxylic acids is 1. The highest BCUT2D eigenvalue weighted by Gasteiger charge is 2.16. The maximum atomic E-state index is 12.2. The number of nitrogens with one attached hydrogen (secondary N) is 1. The van der Waals surface area contributed by atoms with Crippen molar-refractivity contribution in [1.29, 1.82) is 0 Å². The minimum absolute atomic E-state index is 0.155. The summed E-state index contributed by atoms with van der Waals surface area (Å²) in [5.74, 6) is 1.09. The van der Waals surface area contributed by atoms with Gasteiger partial charge >= 0.3 is 0 Å². The van der Waals surface area contributed by atoms with E-state index in [-0.39, 0.29) is 11.7 Å². The zero-order valence-electron chi connectivity index (χ0n) is 14.9. The van der Waals surface area contributed by atoms with Gasteiger partial charge in [0, 0.05) is 23.1 Å². The first-order valence-corrected chi connectivity index (χ1v) is 10.5. The summed E-state index contributed by atoms with van der Waals surface area (Å²) in [6, 6.07) is 12.2. The van der Waals surface area contributed by atoms with Crippen molar-refractivity contribution in [1.82, 2.24) is 14.8 Å². The van der Waals surface area contributed by atoms with Gasteiger partial charge in [0.1, 0.15) is 5.58 Å². The van der Waals surface area contributed by atoms with Crippen LogP contribution in [0.2, 0.25) is 15.1 Å². The molecule has 4 rings (SSSR count). The molecule has 0 fully saturated rings. The maximum absolute atomic E-state index is 12.2. The van der Waals surface area contributed by atoms with Gasteiger partial charge in [0.25, 0.3) is 0 Å². The molecule has 1 amide bonds. The molecule has 2 heterocycles. The predicted octanol–water partition coefficient (Wildman–Crippen LogP) is 5.92. The van der Waals surface area contributed by atoms with E-state index in [2.05, 4.69) is 15.5 Å². The summed E-state index contributed by atoms with van der Waals surface area (Å²) in [6.45, 7) is 0. The van der Waals surface area contributed by atoms with Crippen molar-refractivity contribution < 1.29 is 9.21 Å². The normalized spacial score (nSPS) is 11.2. The number of benzene rings is 2. The summed E-state index contributed by atoms with van der Waals surface area (Å²) in [4.78, 5) is 12.2. The fourth-order valence-corrected chi connectivity index (χ4v) is 3.87. The van der Waals surface area contributed by atoms with Crippen LogP contribution in [0.3, 0.4) is 0 Å². The summed E-state index contributed by atoms with van der Waals surface area (Å²) in [6.07, 6.45) is 0. The van der Waals surface area contributed by atoms with Gasteiger partial charge in [-0.3, -0.25) is 4.79 Å². The first-order chi connectivity index (χ1) is 13.9. The number of aromatic nitrogens is 3. The number of fused-ring (bicyclic) bond motifs is 1. The van der Waals surface area contributed by atoms with Crippen molar-refractivity contribution >= 4 is 69.1 Å². The van der Waals surface area contributed by atoms with E-state index in [0.29, 0.717) is 43.1 Å². The lowest BCUT2D eigenvalue weighted by Gasteiger charge is -2.06.